The summed E-state index contributed by atoms with van der Waals surface area (Å²) in [5.74, 6) is 0.797. The molecule has 3 rings (SSSR count). The molecule has 0 atom stereocenters. The first-order valence-electron chi connectivity index (χ1n) is 9.09. The van der Waals surface area contributed by atoms with E-state index in [0.717, 1.165) is 17.7 Å². The van der Waals surface area contributed by atoms with E-state index in [-0.39, 0.29) is 12.0 Å². The van der Waals surface area contributed by atoms with Gasteiger partial charge < -0.3 is 9.64 Å². The molecule has 0 N–H and O–H groups in total. The van der Waals surface area contributed by atoms with E-state index in [0.29, 0.717) is 18.7 Å². The highest BCUT2D eigenvalue weighted by Gasteiger charge is 2.17. The van der Waals surface area contributed by atoms with Gasteiger partial charge >= 0.3 is 0 Å². The van der Waals surface area contributed by atoms with Crippen molar-refractivity contribution in [3.05, 3.63) is 82.3 Å². The minimum atomic E-state index is 0.0199. The number of amides is 1. The fourth-order valence-corrected chi connectivity index (χ4v) is 3.49. The molecule has 0 radical (unpaired) electrons. The average Bonchev–Trinajstić information content (AvgIpc) is 3.19. The maximum Gasteiger partial charge on any atom is 0.254 e. The summed E-state index contributed by atoms with van der Waals surface area (Å²) in [7, 11) is 0. The Hall–Kier alpha value is -2.66. The zero-order chi connectivity index (χ0) is 19.1. The third-order valence-corrected chi connectivity index (χ3v) is 5.00. The predicted octanol–water partition coefficient (Wildman–Crippen LogP) is 4.82. The van der Waals surface area contributed by atoms with E-state index in [4.69, 9.17) is 4.74 Å². The number of benzene rings is 1. The molecule has 4 nitrogen and oxygen atoms in total. The molecule has 1 aromatic carbocycles. The lowest BCUT2D eigenvalue weighted by Gasteiger charge is -2.23. The lowest BCUT2D eigenvalue weighted by Crippen LogP contribution is -2.32. The van der Waals surface area contributed by atoms with Crippen molar-refractivity contribution in [1.29, 1.82) is 0 Å². The Morgan fingerprint density at radius 1 is 1.15 bits per heavy atom. The van der Waals surface area contributed by atoms with Crippen molar-refractivity contribution in [2.45, 2.75) is 32.9 Å². The zero-order valence-electron chi connectivity index (χ0n) is 15.7. The second-order valence-corrected chi connectivity index (χ2v) is 7.64. The van der Waals surface area contributed by atoms with E-state index in [1.165, 1.54) is 4.88 Å². The number of ether oxygens (including phenoxy) is 1. The SMILES string of the molecule is CC(C)Oc1ccc(C(=O)N(CCc2cccs2)Cc2cccnc2)cc1. The van der Waals surface area contributed by atoms with Crippen LogP contribution in [0.4, 0.5) is 0 Å². The Bertz CT molecular complexity index is 831. The van der Waals surface area contributed by atoms with E-state index in [1.807, 2.05) is 67.4 Å². The molecule has 0 unspecified atom stereocenters. The first kappa shape index (κ1) is 19.1. The van der Waals surface area contributed by atoms with Crippen LogP contribution in [0.5, 0.6) is 5.75 Å². The molecule has 27 heavy (non-hydrogen) atoms. The third kappa shape index (κ3) is 5.66. The minimum Gasteiger partial charge on any atom is -0.491 e. The fourth-order valence-electron chi connectivity index (χ4n) is 2.80. The van der Waals surface area contributed by atoms with Gasteiger partial charge in [0.05, 0.1) is 6.10 Å². The largest absolute Gasteiger partial charge is 0.491 e. The van der Waals surface area contributed by atoms with Crippen molar-refractivity contribution in [3.63, 3.8) is 0 Å². The van der Waals surface area contributed by atoms with Crippen LogP contribution in [0.25, 0.3) is 0 Å². The van der Waals surface area contributed by atoms with Crippen molar-refractivity contribution < 1.29 is 9.53 Å². The standard InChI is InChI=1S/C22H24N2O2S/c1-17(2)26-20-9-7-19(8-10-20)22(25)24(13-11-21-6-4-14-27-21)16-18-5-3-12-23-15-18/h3-10,12,14-15,17H,11,13,16H2,1-2H3. The number of carbonyl (C=O) groups is 1. The number of rotatable bonds is 8. The van der Waals surface area contributed by atoms with Gasteiger partial charge in [0.2, 0.25) is 0 Å². The molecule has 2 heterocycles. The second kappa shape index (κ2) is 9.33. The summed E-state index contributed by atoms with van der Waals surface area (Å²) in [6.45, 7) is 5.18. The average molecular weight is 381 g/mol. The number of hydrogen-bond acceptors (Lipinski definition) is 4. The van der Waals surface area contributed by atoms with Gasteiger partial charge in [-0.3, -0.25) is 9.78 Å². The molecule has 5 heteroatoms. The fraction of sp³-hybridized carbons (Fsp3) is 0.273. The Kier molecular flexibility index (Phi) is 6.60. The van der Waals surface area contributed by atoms with Crippen molar-refractivity contribution in [1.82, 2.24) is 9.88 Å². The molecule has 0 saturated heterocycles. The van der Waals surface area contributed by atoms with Crippen LogP contribution >= 0.6 is 11.3 Å². The van der Waals surface area contributed by atoms with Gasteiger partial charge in [-0.25, -0.2) is 0 Å². The molecule has 140 valence electrons. The molecular weight excluding hydrogens is 356 g/mol. The zero-order valence-corrected chi connectivity index (χ0v) is 16.5. The van der Waals surface area contributed by atoms with Crippen LogP contribution in [0.3, 0.4) is 0 Å². The Morgan fingerprint density at radius 2 is 1.96 bits per heavy atom. The Labute approximate surface area is 164 Å². The van der Waals surface area contributed by atoms with Crippen LogP contribution in [0, 0.1) is 0 Å². The van der Waals surface area contributed by atoms with Gasteiger partial charge in [-0.2, -0.15) is 0 Å². The van der Waals surface area contributed by atoms with Gasteiger partial charge in [0.15, 0.2) is 0 Å². The molecule has 0 aliphatic rings. The normalized spacial score (nSPS) is 10.8. The third-order valence-electron chi connectivity index (χ3n) is 4.06. The van der Waals surface area contributed by atoms with Gasteiger partial charge in [0, 0.05) is 35.9 Å². The highest BCUT2D eigenvalue weighted by atomic mass is 32.1. The first-order valence-corrected chi connectivity index (χ1v) is 9.97. The monoisotopic (exact) mass is 380 g/mol. The van der Waals surface area contributed by atoms with Crippen molar-refractivity contribution >= 4 is 17.2 Å². The summed E-state index contributed by atoms with van der Waals surface area (Å²) in [5.41, 5.74) is 1.69. The lowest BCUT2D eigenvalue weighted by molar-refractivity contribution is 0.0745. The number of thiophene rings is 1. The molecule has 0 saturated carbocycles. The molecule has 0 spiro atoms. The van der Waals surface area contributed by atoms with Gasteiger partial charge in [0.25, 0.3) is 5.91 Å². The number of nitrogens with zero attached hydrogens (tertiary/aromatic N) is 2. The summed E-state index contributed by atoms with van der Waals surface area (Å²) in [6, 6.07) is 15.4. The summed E-state index contributed by atoms with van der Waals surface area (Å²) >= 11 is 1.72. The van der Waals surface area contributed by atoms with E-state index in [2.05, 4.69) is 16.4 Å². The lowest BCUT2D eigenvalue weighted by atomic mass is 10.1. The maximum atomic E-state index is 13.1. The van der Waals surface area contributed by atoms with Crippen LogP contribution in [-0.4, -0.2) is 28.4 Å². The highest BCUT2D eigenvalue weighted by molar-refractivity contribution is 7.09. The van der Waals surface area contributed by atoms with Gasteiger partial charge in [0.1, 0.15) is 5.75 Å². The van der Waals surface area contributed by atoms with Crippen LogP contribution < -0.4 is 4.74 Å². The van der Waals surface area contributed by atoms with E-state index in [9.17, 15) is 4.79 Å². The van der Waals surface area contributed by atoms with Crippen LogP contribution in [0.2, 0.25) is 0 Å². The Morgan fingerprint density at radius 3 is 2.59 bits per heavy atom. The topological polar surface area (TPSA) is 42.4 Å². The predicted molar refractivity (Wildman–Crippen MR) is 109 cm³/mol. The van der Waals surface area contributed by atoms with Crippen molar-refractivity contribution in [2.24, 2.45) is 0 Å². The Balaban J connectivity index is 1.74. The number of hydrogen-bond donors (Lipinski definition) is 0. The maximum absolute atomic E-state index is 13.1. The molecule has 0 aliphatic carbocycles. The van der Waals surface area contributed by atoms with Crippen LogP contribution in [-0.2, 0) is 13.0 Å². The van der Waals surface area contributed by atoms with E-state index in [1.54, 1.807) is 17.5 Å². The van der Waals surface area contributed by atoms with E-state index >= 15 is 0 Å². The van der Waals surface area contributed by atoms with Gasteiger partial charge in [-0.15, -0.1) is 11.3 Å². The first-order chi connectivity index (χ1) is 13.1. The summed E-state index contributed by atoms with van der Waals surface area (Å²) < 4.78 is 5.67. The number of pyridine rings is 1. The molecular formula is C22H24N2O2S. The van der Waals surface area contributed by atoms with Crippen LogP contribution in [0.1, 0.15) is 34.6 Å². The molecule has 0 bridgehead atoms. The molecule has 2 aromatic heterocycles. The number of carbonyl (C=O) groups excluding carboxylic acids is 1. The molecule has 0 fully saturated rings. The summed E-state index contributed by atoms with van der Waals surface area (Å²) in [4.78, 5) is 20.4. The van der Waals surface area contributed by atoms with E-state index < -0.39 is 0 Å². The van der Waals surface area contributed by atoms with Crippen LogP contribution in [0.15, 0.2) is 66.3 Å². The molecule has 1 amide bonds. The molecule has 3 aromatic rings. The van der Waals surface area contributed by atoms with Gasteiger partial charge in [-0.1, -0.05) is 12.1 Å². The minimum absolute atomic E-state index is 0.0199. The highest BCUT2D eigenvalue weighted by Crippen LogP contribution is 2.17. The molecule has 0 aliphatic heterocycles. The number of aromatic nitrogens is 1. The quantitative estimate of drug-likeness (QED) is 0.563. The van der Waals surface area contributed by atoms with Crippen molar-refractivity contribution in [2.75, 3.05) is 6.54 Å². The smallest absolute Gasteiger partial charge is 0.254 e. The van der Waals surface area contributed by atoms with Crippen molar-refractivity contribution in [3.8, 4) is 5.75 Å². The summed E-state index contributed by atoms with van der Waals surface area (Å²) in [6.07, 6.45) is 4.51. The second-order valence-electron chi connectivity index (χ2n) is 6.61. The summed E-state index contributed by atoms with van der Waals surface area (Å²) in [5, 5.41) is 2.07. The van der Waals surface area contributed by atoms with Gasteiger partial charge in [-0.05, 0) is 67.6 Å².